The van der Waals surface area contributed by atoms with Crippen LogP contribution in [0.4, 0.5) is 4.39 Å². The topological polar surface area (TPSA) is 74.6 Å². The molecule has 2 aromatic carbocycles. The molecule has 0 saturated carbocycles. The third-order valence-electron chi connectivity index (χ3n) is 6.21. The van der Waals surface area contributed by atoms with Crippen LogP contribution in [-0.2, 0) is 16.0 Å². The standard InChI is InChI=1S/C26H33FO4/c1-16(28)10-15-22-17(2)18(3)26(31)25(19(22)4)23(8-6-5-7-9-24(29)30)20-11-13-21(27)14-12-20/h11-14,23,31H,5-10,15H2,1-4H3,(H,29,30). The third kappa shape index (κ3) is 6.39. The van der Waals surface area contributed by atoms with Crippen molar-refractivity contribution in [1.29, 1.82) is 0 Å². The summed E-state index contributed by atoms with van der Waals surface area (Å²) in [5.41, 5.74) is 5.60. The van der Waals surface area contributed by atoms with Gasteiger partial charge in [-0.1, -0.05) is 25.0 Å². The van der Waals surface area contributed by atoms with Crippen LogP contribution < -0.4 is 0 Å². The Kier molecular flexibility index (Phi) is 8.78. The minimum atomic E-state index is -0.798. The van der Waals surface area contributed by atoms with E-state index in [1.807, 2.05) is 20.8 Å². The molecule has 0 fully saturated rings. The van der Waals surface area contributed by atoms with Gasteiger partial charge in [-0.05, 0) is 86.9 Å². The van der Waals surface area contributed by atoms with Crippen molar-refractivity contribution in [3.63, 3.8) is 0 Å². The number of carbonyl (C=O) groups excluding carboxylic acids is 1. The fourth-order valence-corrected chi connectivity index (χ4v) is 4.30. The monoisotopic (exact) mass is 428 g/mol. The second-order valence-corrected chi connectivity index (χ2v) is 8.42. The second kappa shape index (κ2) is 11.1. The number of halogens is 1. The van der Waals surface area contributed by atoms with Crippen molar-refractivity contribution < 1.29 is 24.2 Å². The molecule has 0 spiro atoms. The third-order valence-corrected chi connectivity index (χ3v) is 6.21. The Morgan fingerprint density at radius 3 is 2.16 bits per heavy atom. The molecular weight excluding hydrogens is 395 g/mol. The van der Waals surface area contributed by atoms with Crippen LogP contribution in [0.25, 0.3) is 0 Å². The van der Waals surface area contributed by atoms with Crippen LogP contribution in [0.3, 0.4) is 0 Å². The van der Waals surface area contributed by atoms with Gasteiger partial charge in [-0.25, -0.2) is 4.39 Å². The molecule has 0 aromatic heterocycles. The van der Waals surface area contributed by atoms with Crippen molar-refractivity contribution in [1.82, 2.24) is 0 Å². The van der Waals surface area contributed by atoms with E-state index in [2.05, 4.69) is 0 Å². The molecule has 0 saturated heterocycles. The first-order valence-corrected chi connectivity index (χ1v) is 10.9. The fourth-order valence-electron chi connectivity index (χ4n) is 4.30. The highest BCUT2D eigenvalue weighted by molar-refractivity contribution is 5.76. The summed E-state index contributed by atoms with van der Waals surface area (Å²) in [5, 5.41) is 20.0. The molecule has 168 valence electrons. The Hall–Kier alpha value is -2.69. The van der Waals surface area contributed by atoms with Crippen molar-refractivity contribution in [3.8, 4) is 5.75 Å². The van der Waals surface area contributed by atoms with Crippen LogP contribution in [0.5, 0.6) is 5.75 Å². The summed E-state index contributed by atoms with van der Waals surface area (Å²) in [5.74, 6) is -0.873. The number of aliphatic carboxylic acids is 1. The number of unbranched alkanes of at least 4 members (excludes halogenated alkanes) is 2. The average Bonchev–Trinajstić information content (AvgIpc) is 2.71. The summed E-state index contributed by atoms with van der Waals surface area (Å²) in [6.45, 7) is 7.43. The highest BCUT2D eigenvalue weighted by atomic mass is 19.1. The molecule has 5 heteroatoms. The van der Waals surface area contributed by atoms with E-state index in [4.69, 9.17) is 5.11 Å². The van der Waals surface area contributed by atoms with E-state index in [-0.39, 0.29) is 29.7 Å². The van der Waals surface area contributed by atoms with Gasteiger partial charge in [-0.3, -0.25) is 4.79 Å². The molecule has 0 amide bonds. The van der Waals surface area contributed by atoms with Crippen LogP contribution in [-0.4, -0.2) is 22.0 Å². The van der Waals surface area contributed by atoms with Crippen molar-refractivity contribution >= 4 is 11.8 Å². The first kappa shape index (κ1) is 24.6. The molecule has 2 rings (SSSR count). The molecule has 0 aliphatic rings. The lowest BCUT2D eigenvalue weighted by Gasteiger charge is -2.26. The zero-order valence-electron chi connectivity index (χ0n) is 18.9. The lowest BCUT2D eigenvalue weighted by Crippen LogP contribution is -2.10. The van der Waals surface area contributed by atoms with E-state index in [0.717, 1.165) is 46.2 Å². The normalized spacial score (nSPS) is 12.0. The van der Waals surface area contributed by atoms with Crippen LogP contribution in [0, 0.1) is 26.6 Å². The molecule has 31 heavy (non-hydrogen) atoms. The molecule has 0 aliphatic carbocycles. The van der Waals surface area contributed by atoms with Crippen molar-refractivity contribution in [3.05, 3.63) is 63.5 Å². The Morgan fingerprint density at radius 1 is 0.935 bits per heavy atom. The van der Waals surface area contributed by atoms with Gasteiger partial charge in [0, 0.05) is 24.3 Å². The van der Waals surface area contributed by atoms with E-state index >= 15 is 0 Å². The Balaban J connectivity index is 2.47. The first-order valence-electron chi connectivity index (χ1n) is 10.9. The number of carboxylic acids is 1. The maximum absolute atomic E-state index is 13.6. The molecule has 2 aromatic rings. The maximum Gasteiger partial charge on any atom is 0.303 e. The number of phenolic OH excluding ortho intramolecular Hbond substituents is 1. The first-order chi connectivity index (χ1) is 14.6. The maximum atomic E-state index is 13.6. The highest BCUT2D eigenvalue weighted by Crippen LogP contribution is 2.42. The lowest BCUT2D eigenvalue weighted by molar-refractivity contribution is -0.137. The zero-order valence-corrected chi connectivity index (χ0v) is 18.9. The van der Waals surface area contributed by atoms with Crippen LogP contribution in [0.15, 0.2) is 24.3 Å². The Labute approximate surface area is 184 Å². The molecular formula is C26H33FO4. The number of carboxylic acid groups (broad SMARTS) is 1. The van der Waals surface area contributed by atoms with Gasteiger partial charge < -0.3 is 15.0 Å². The number of Topliss-reactive ketones (excluding diaryl/α,β-unsaturated/α-hetero) is 1. The summed E-state index contributed by atoms with van der Waals surface area (Å²) in [7, 11) is 0. The number of hydrogen-bond acceptors (Lipinski definition) is 3. The van der Waals surface area contributed by atoms with E-state index in [1.54, 1.807) is 19.1 Å². The summed E-state index contributed by atoms with van der Waals surface area (Å²) >= 11 is 0. The SMILES string of the molecule is CC(=O)CCc1c(C)c(C)c(O)c(C(CCCCCC(=O)O)c2ccc(F)cc2)c1C. The van der Waals surface area contributed by atoms with Gasteiger partial charge in [0.25, 0.3) is 0 Å². The predicted molar refractivity (Wildman–Crippen MR) is 120 cm³/mol. The van der Waals surface area contributed by atoms with Crippen LogP contribution in [0.1, 0.15) is 84.7 Å². The van der Waals surface area contributed by atoms with Gasteiger partial charge in [-0.2, -0.15) is 0 Å². The lowest BCUT2D eigenvalue weighted by atomic mass is 9.79. The van der Waals surface area contributed by atoms with Gasteiger partial charge in [0.2, 0.25) is 0 Å². The van der Waals surface area contributed by atoms with Crippen molar-refractivity contribution in [2.75, 3.05) is 0 Å². The number of phenols is 1. The smallest absolute Gasteiger partial charge is 0.303 e. The molecule has 1 unspecified atom stereocenters. The largest absolute Gasteiger partial charge is 0.507 e. The average molecular weight is 429 g/mol. The number of ketones is 1. The number of aromatic hydroxyl groups is 1. The quantitative estimate of drug-likeness (QED) is 0.421. The van der Waals surface area contributed by atoms with Crippen LogP contribution >= 0.6 is 0 Å². The van der Waals surface area contributed by atoms with E-state index in [1.165, 1.54) is 12.1 Å². The minimum absolute atomic E-state index is 0.125. The summed E-state index contributed by atoms with van der Waals surface area (Å²) in [4.78, 5) is 22.4. The van der Waals surface area contributed by atoms with Gasteiger partial charge in [-0.15, -0.1) is 0 Å². The summed E-state index contributed by atoms with van der Waals surface area (Å²) in [6.07, 6.45) is 4.10. The fraction of sp³-hybridized carbons (Fsp3) is 0.462. The van der Waals surface area contributed by atoms with Crippen LogP contribution in [0.2, 0.25) is 0 Å². The zero-order chi connectivity index (χ0) is 23.1. The Bertz CT molecular complexity index is 932. The van der Waals surface area contributed by atoms with Crippen molar-refractivity contribution in [2.45, 2.75) is 78.6 Å². The molecule has 0 radical (unpaired) electrons. The molecule has 0 bridgehead atoms. The number of rotatable bonds is 11. The second-order valence-electron chi connectivity index (χ2n) is 8.42. The van der Waals surface area contributed by atoms with Gasteiger partial charge in [0.15, 0.2) is 0 Å². The molecule has 4 nitrogen and oxygen atoms in total. The van der Waals surface area contributed by atoms with Gasteiger partial charge in [0.05, 0.1) is 0 Å². The van der Waals surface area contributed by atoms with E-state index < -0.39 is 5.97 Å². The van der Waals surface area contributed by atoms with E-state index in [9.17, 15) is 19.1 Å². The van der Waals surface area contributed by atoms with Gasteiger partial charge in [0.1, 0.15) is 17.3 Å². The van der Waals surface area contributed by atoms with Gasteiger partial charge >= 0.3 is 5.97 Å². The Morgan fingerprint density at radius 2 is 1.58 bits per heavy atom. The summed E-state index contributed by atoms with van der Waals surface area (Å²) in [6, 6.07) is 6.36. The molecule has 2 N–H and O–H groups in total. The van der Waals surface area contributed by atoms with E-state index in [0.29, 0.717) is 25.7 Å². The number of carbonyl (C=O) groups is 2. The molecule has 1 atom stereocenters. The summed E-state index contributed by atoms with van der Waals surface area (Å²) < 4.78 is 13.6. The van der Waals surface area contributed by atoms with Crippen molar-refractivity contribution in [2.24, 2.45) is 0 Å². The predicted octanol–water partition coefficient (Wildman–Crippen LogP) is 6.15. The number of benzene rings is 2. The number of hydrogen-bond donors (Lipinski definition) is 2. The molecule has 0 aliphatic heterocycles. The molecule has 0 heterocycles. The minimum Gasteiger partial charge on any atom is -0.507 e. The highest BCUT2D eigenvalue weighted by Gasteiger charge is 2.25.